The molecule has 0 fully saturated rings. The van der Waals surface area contributed by atoms with E-state index in [0.29, 0.717) is 0 Å². The number of hydrogen-bond acceptors (Lipinski definition) is 2. The number of rotatable bonds is 4. The molecule has 1 atom stereocenters. The Kier molecular flexibility index (Phi) is 4.11. The number of benzene rings is 1. The lowest BCUT2D eigenvalue weighted by atomic mass is 9.98. The maximum absolute atomic E-state index is 12.4. The average molecular weight is 248 g/mol. The smallest absolute Gasteiger partial charge is 0.416 e. The molecule has 94 valence electrons. The van der Waals surface area contributed by atoms with Gasteiger partial charge in [0, 0.05) is 0 Å². The Morgan fingerprint density at radius 3 is 2.47 bits per heavy atom. The number of carboxylic acids is 1. The molecule has 0 unspecified atom stereocenters. The summed E-state index contributed by atoms with van der Waals surface area (Å²) in [5.41, 5.74) is -0.585. The van der Waals surface area contributed by atoms with Crippen molar-refractivity contribution in [2.24, 2.45) is 5.92 Å². The number of hydrogen-bond donors (Lipinski definition) is 2. The van der Waals surface area contributed by atoms with Crippen LogP contribution in [0.25, 0.3) is 0 Å². The maximum atomic E-state index is 12.4. The molecule has 0 bridgehead atoms. The van der Waals surface area contributed by atoms with E-state index < -0.39 is 30.2 Å². The molecule has 0 saturated carbocycles. The monoisotopic (exact) mass is 248 g/mol. The van der Waals surface area contributed by atoms with E-state index in [-0.39, 0.29) is 12.0 Å². The van der Waals surface area contributed by atoms with E-state index in [0.717, 1.165) is 12.1 Å². The molecular weight excluding hydrogens is 237 g/mol. The molecule has 0 heterocycles. The maximum Gasteiger partial charge on any atom is 0.416 e. The molecule has 1 aromatic rings. The average Bonchev–Trinajstić information content (AvgIpc) is 2.24. The fraction of sp³-hybridized carbons (Fsp3) is 0.364. The second-order valence-electron chi connectivity index (χ2n) is 3.62. The highest BCUT2D eigenvalue weighted by molar-refractivity contribution is 5.70. The Labute approximate surface area is 95.5 Å². The van der Waals surface area contributed by atoms with Gasteiger partial charge >= 0.3 is 12.1 Å². The molecule has 0 aliphatic heterocycles. The van der Waals surface area contributed by atoms with E-state index >= 15 is 0 Å². The Balaban J connectivity index is 2.89. The first-order valence-electron chi connectivity index (χ1n) is 4.84. The quantitative estimate of drug-likeness (QED) is 0.856. The minimum atomic E-state index is -4.45. The van der Waals surface area contributed by atoms with Gasteiger partial charge in [-0.1, -0.05) is 18.2 Å². The van der Waals surface area contributed by atoms with Gasteiger partial charge in [-0.05, 0) is 18.1 Å². The summed E-state index contributed by atoms with van der Waals surface area (Å²) >= 11 is 0. The van der Waals surface area contributed by atoms with Crippen molar-refractivity contribution in [1.82, 2.24) is 0 Å². The predicted molar refractivity (Wildman–Crippen MR) is 53.4 cm³/mol. The lowest BCUT2D eigenvalue weighted by Crippen LogP contribution is -2.20. The van der Waals surface area contributed by atoms with Gasteiger partial charge in [-0.25, -0.2) is 0 Å². The summed E-state index contributed by atoms with van der Waals surface area (Å²) in [4.78, 5) is 10.6. The van der Waals surface area contributed by atoms with Gasteiger partial charge in [0.15, 0.2) is 0 Å². The highest BCUT2D eigenvalue weighted by Crippen LogP contribution is 2.29. The zero-order valence-corrected chi connectivity index (χ0v) is 8.74. The van der Waals surface area contributed by atoms with Crippen molar-refractivity contribution in [3.8, 4) is 0 Å². The molecule has 1 rings (SSSR count). The molecule has 0 saturated heterocycles. The number of alkyl halides is 3. The van der Waals surface area contributed by atoms with Gasteiger partial charge < -0.3 is 10.2 Å². The lowest BCUT2D eigenvalue weighted by Gasteiger charge is -2.11. The van der Waals surface area contributed by atoms with Crippen LogP contribution in [0.2, 0.25) is 0 Å². The zero-order valence-electron chi connectivity index (χ0n) is 8.74. The van der Waals surface area contributed by atoms with Gasteiger partial charge in [-0.15, -0.1) is 0 Å². The minimum absolute atomic E-state index is 0.129. The van der Waals surface area contributed by atoms with Crippen LogP contribution in [0.4, 0.5) is 13.2 Å². The fourth-order valence-electron chi connectivity index (χ4n) is 1.39. The van der Waals surface area contributed by atoms with Gasteiger partial charge in [-0.3, -0.25) is 4.79 Å². The van der Waals surface area contributed by atoms with Crippen molar-refractivity contribution in [3.63, 3.8) is 0 Å². The third kappa shape index (κ3) is 3.74. The first-order chi connectivity index (χ1) is 7.84. The Hall–Kier alpha value is -1.56. The predicted octanol–water partition coefficient (Wildman–Crippen LogP) is 1.94. The van der Waals surface area contributed by atoms with Crippen LogP contribution >= 0.6 is 0 Å². The van der Waals surface area contributed by atoms with Gasteiger partial charge in [0.05, 0.1) is 18.1 Å². The van der Waals surface area contributed by atoms with E-state index in [9.17, 15) is 18.0 Å². The first kappa shape index (κ1) is 13.5. The molecule has 0 aromatic heterocycles. The highest BCUT2D eigenvalue weighted by atomic mass is 19.4. The van der Waals surface area contributed by atoms with E-state index in [4.69, 9.17) is 10.2 Å². The summed E-state index contributed by atoms with van der Waals surface area (Å²) < 4.78 is 37.1. The van der Waals surface area contributed by atoms with Crippen LogP contribution in [0.15, 0.2) is 24.3 Å². The molecule has 0 spiro atoms. The van der Waals surface area contributed by atoms with E-state index in [1.165, 1.54) is 12.1 Å². The van der Waals surface area contributed by atoms with Crippen molar-refractivity contribution < 1.29 is 28.2 Å². The Morgan fingerprint density at radius 1 is 1.35 bits per heavy atom. The molecule has 17 heavy (non-hydrogen) atoms. The Bertz CT molecular complexity index is 401. The largest absolute Gasteiger partial charge is 0.481 e. The number of aliphatic carboxylic acids is 1. The van der Waals surface area contributed by atoms with E-state index in [2.05, 4.69) is 0 Å². The van der Waals surface area contributed by atoms with Crippen LogP contribution in [0.1, 0.15) is 11.1 Å². The number of halogens is 3. The first-order valence-corrected chi connectivity index (χ1v) is 4.84. The van der Waals surface area contributed by atoms with Gasteiger partial charge in [0.25, 0.3) is 0 Å². The molecule has 0 aliphatic rings. The third-order valence-electron chi connectivity index (χ3n) is 2.31. The number of aliphatic hydroxyl groups excluding tert-OH is 1. The second-order valence-corrected chi connectivity index (χ2v) is 3.62. The van der Waals surface area contributed by atoms with Crippen molar-refractivity contribution >= 4 is 5.97 Å². The summed E-state index contributed by atoms with van der Waals surface area (Å²) in [6.07, 6.45) is -4.58. The standard InChI is InChI=1S/C11H11F3O3/c12-11(13,14)9-3-1-2-7(5-9)4-8(6-15)10(16)17/h1-3,5,8,15H,4,6H2,(H,16,17)/t8-/m0/s1. The van der Waals surface area contributed by atoms with Crippen LogP contribution in [0.3, 0.4) is 0 Å². The summed E-state index contributed by atoms with van der Waals surface area (Å²) in [6.45, 7) is -0.606. The summed E-state index contributed by atoms with van der Waals surface area (Å²) in [6, 6.07) is 4.43. The lowest BCUT2D eigenvalue weighted by molar-refractivity contribution is -0.143. The minimum Gasteiger partial charge on any atom is -0.481 e. The van der Waals surface area contributed by atoms with Crippen LogP contribution < -0.4 is 0 Å². The number of carboxylic acid groups (broad SMARTS) is 1. The highest BCUT2D eigenvalue weighted by Gasteiger charge is 2.30. The topological polar surface area (TPSA) is 57.5 Å². The SMILES string of the molecule is O=C(O)[C@H](CO)Cc1cccc(C(F)(F)F)c1. The van der Waals surface area contributed by atoms with Crippen LogP contribution in [-0.4, -0.2) is 22.8 Å². The summed E-state index contributed by atoms with van der Waals surface area (Å²) in [5, 5.41) is 17.5. The molecule has 0 radical (unpaired) electrons. The molecule has 3 nitrogen and oxygen atoms in total. The summed E-state index contributed by atoms with van der Waals surface area (Å²) in [5.74, 6) is -2.32. The van der Waals surface area contributed by atoms with E-state index in [1.54, 1.807) is 0 Å². The van der Waals surface area contributed by atoms with Gasteiger partial charge in [-0.2, -0.15) is 13.2 Å². The molecular formula is C11H11F3O3. The van der Waals surface area contributed by atoms with Gasteiger partial charge in [0.1, 0.15) is 0 Å². The van der Waals surface area contributed by atoms with Crippen LogP contribution in [0, 0.1) is 5.92 Å². The van der Waals surface area contributed by atoms with Crippen molar-refractivity contribution in [2.45, 2.75) is 12.6 Å². The van der Waals surface area contributed by atoms with Crippen molar-refractivity contribution in [3.05, 3.63) is 35.4 Å². The second kappa shape index (κ2) is 5.18. The fourth-order valence-corrected chi connectivity index (χ4v) is 1.39. The van der Waals surface area contributed by atoms with Crippen molar-refractivity contribution in [1.29, 1.82) is 0 Å². The normalized spacial score (nSPS) is 13.4. The molecule has 2 N–H and O–H groups in total. The van der Waals surface area contributed by atoms with Crippen LogP contribution in [0.5, 0.6) is 0 Å². The molecule has 0 aliphatic carbocycles. The zero-order chi connectivity index (χ0) is 13.1. The number of carbonyl (C=O) groups is 1. The van der Waals surface area contributed by atoms with Gasteiger partial charge in [0.2, 0.25) is 0 Å². The van der Waals surface area contributed by atoms with Crippen molar-refractivity contribution in [2.75, 3.05) is 6.61 Å². The summed E-state index contributed by atoms with van der Waals surface area (Å²) in [7, 11) is 0. The van der Waals surface area contributed by atoms with E-state index in [1.807, 2.05) is 0 Å². The van der Waals surface area contributed by atoms with Crippen LogP contribution in [-0.2, 0) is 17.4 Å². The molecule has 6 heteroatoms. The molecule has 0 amide bonds. The third-order valence-corrected chi connectivity index (χ3v) is 2.31. The number of aliphatic hydroxyl groups is 1. The molecule has 1 aromatic carbocycles. The Morgan fingerprint density at radius 2 is 2.00 bits per heavy atom.